The fourth-order valence-corrected chi connectivity index (χ4v) is 20.9. The van der Waals surface area contributed by atoms with Gasteiger partial charge in [-0.25, -0.2) is 0 Å². The lowest BCUT2D eigenvalue weighted by Gasteiger charge is -2.33. The van der Waals surface area contributed by atoms with E-state index in [0.717, 1.165) is 0 Å². The van der Waals surface area contributed by atoms with Gasteiger partial charge in [-0.05, 0) is 128 Å². The van der Waals surface area contributed by atoms with Gasteiger partial charge in [0, 0.05) is 20.6 Å². The molecule has 3 heterocycles. The Labute approximate surface area is 384 Å². The lowest BCUT2D eigenvalue weighted by atomic mass is 9.72. The molecule has 2 aromatic carbocycles. The predicted molar refractivity (Wildman–Crippen MR) is 278 cm³/mol. The molecular formula is C58H86S2Si. The molecule has 3 heteroatoms. The summed E-state index contributed by atoms with van der Waals surface area (Å²) in [7, 11) is -2.11. The van der Waals surface area contributed by atoms with Crippen molar-refractivity contribution in [1.82, 2.24) is 0 Å². The SMILES string of the molecule is CCCCCCCC[Si]1(CCCCCCCC)c2cc3c(cc2-c2cc4c(cc21)-c1ccsc1C4(CCCCC)CCCCC)C(CCCCC)(CCCCC)c1sccc1-3. The monoisotopic (exact) mass is 875 g/mol. The molecule has 2 aliphatic carbocycles. The van der Waals surface area contributed by atoms with Gasteiger partial charge in [0.1, 0.15) is 8.07 Å². The van der Waals surface area contributed by atoms with E-state index >= 15 is 0 Å². The van der Waals surface area contributed by atoms with Crippen molar-refractivity contribution in [2.45, 2.75) is 244 Å². The van der Waals surface area contributed by atoms with Crippen LogP contribution in [0.4, 0.5) is 0 Å². The molecule has 4 aromatic rings. The highest BCUT2D eigenvalue weighted by atomic mass is 32.1. The second-order valence-electron chi connectivity index (χ2n) is 20.3. The third-order valence-corrected chi connectivity index (χ3v) is 23.7. The minimum Gasteiger partial charge on any atom is -0.147 e. The number of benzene rings is 2. The summed E-state index contributed by atoms with van der Waals surface area (Å²) >= 11 is 4.20. The lowest BCUT2D eigenvalue weighted by molar-refractivity contribution is 0.411. The average Bonchev–Trinajstić information content (AvgIpc) is 4.09. The Bertz CT molecular complexity index is 1810. The van der Waals surface area contributed by atoms with Gasteiger partial charge in [-0.1, -0.05) is 208 Å². The fraction of sp³-hybridized carbons (Fsp3) is 0.655. The number of hydrogen-bond donors (Lipinski definition) is 0. The van der Waals surface area contributed by atoms with Gasteiger partial charge in [0.2, 0.25) is 0 Å². The van der Waals surface area contributed by atoms with E-state index in [0.29, 0.717) is 0 Å². The smallest absolute Gasteiger partial charge is 0.119 e. The van der Waals surface area contributed by atoms with E-state index in [1.54, 1.807) is 54.3 Å². The topological polar surface area (TPSA) is 0 Å². The first-order chi connectivity index (χ1) is 30.0. The van der Waals surface area contributed by atoms with Crippen molar-refractivity contribution < 1.29 is 0 Å². The minimum atomic E-state index is -2.11. The summed E-state index contributed by atoms with van der Waals surface area (Å²) in [5, 5.41) is 8.63. The van der Waals surface area contributed by atoms with Crippen molar-refractivity contribution in [3.8, 4) is 33.4 Å². The van der Waals surface area contributed by atoms with Gasteiger partial charge in [0.15, 0.2) is 0 Å². The van der Waals surface area contributed by atoms with Crippen LogP contribution in [-0.4, -0.2) is 8.07 Å². The molecule has 0 N–H and O–H groups in total. The molecule has 0 radical (unpaired) electrons. The molecular weight excluding hydrogens is 789 g/mol. The van der Waals surface area contributed by atoms with E-state index in [-0.39, 0.29) is 10.8 Å². The van der Waals surface area contributed by atoms with E-state index in [1.807, 2.05) is 10.4 Å². The van der Waals surface area contributed by atoms with E-state index in [2.05, 4.69) is 111 Å². The molecule has 0 spiro atoms. The van der Waals surface area contributed by atoms with Crippen LogP contribution in [0.15, 0.2) is 47.2 Å². The first kappa shape index (κ1) is 47.0. The highest BCUT2D eigenvalue weighted by molar-refractivity contribution is 7.11. The van der Waals surface area contributed by atoms with Crippen molar-refractivity contribution in [2.75, 3.05) is 0 Å². The predicted octanol–water partition coefficient (Wildman–Crippen LogP) is 18.9. The summed E-state index contributed by atoms with van der Waals surface area (Å²) in [5.74, 6) is 0. The lowest BCUT2D eigenvalue weighted by Crippen LogP contribution is -2.55. The first-order valence-corrected chi connectivity index (χ1v) is 30.7. The maximum atomic E-state index is 2.93. The second kappa shape index (κ2) is 22.3. The van der Waals surface area contributed by atoms with Crippen molar-refractivity contribution in [2.24, 2.45) is 0 Å². The van der Waals surface area contributed by atoms with Crippen LogP contribution in [0.1, 0.15) is 242 Å². The molecule has 334 valence electrons. The molecule has 61 heavy (non-hydrogen) atoms. The van der Waals surface area contributed by atoms with E-state index < -0.39 is 8.07 Å². The van der Waals surface area contributed by atoms with Gasteiger partial charge < -0.3 is 0 Å². The van der Waals surface area contributed by atoms with E-state index in [1.165, 1.54) is 192 Å². The highest BCUT2D eigenvalue weighted by Crippen LogP contribution is 2.60. The molecule has 0 saturated carbocycles. The Kier molecular flexibility index (Phi) is 17.2. The van der Waals surface area contributed by atoms with Crippen molar-refractivity contribution in [3.63, 3.8) is 0 Å². The second-order valence-corrected chi connectivity index (χ2v) is 26.4. The zero-order chi connectivity index (χ0) is 42.7. The number of unbranched alkanes of at least 4 members (excludes halogenated alkanes) is 18. The molecule has 0 amide bonds. The third kappa shape index (κ3) is 9.30. The molecule has 0 unspecified atom stereocenters. The zero-order valence-electron chi connectivity index (χ0n) is 40.1. The van der Waals surface area contributed by atoms with E-state index in [4.69, 9.17) is 0 Å². The van der Waals surface area contributed by atoms with Gasteiger partial charge in [0.25, 0.3) is 0 Å². The summed E-state index contributed by atoms with van der Waals surface area (Å²) in [6, 6.07) is 19.7. The van der Waals surface area contributed by atoms with Crippen molar-refractivity contribution in [3.05, 3.63) is 68.0 Å². The summed E-state index contributed by atoms with van der Waals surface area (Å²) in [4.78, 5) is 3.45. The van der Waals surface area contributed by atoms with E-state index in [9.17, 15) is 0 Å². The Hall–Kier alpha value is -1.94. The summed E-state index contributed by atoms with van der Waals surface area (Å²) in [6.07, 6.45) is 38.0. The van der Waals surface area contributed by atoms with Gasteiger partial charge in [-0.15, -0.1) is 22.7 Å². The summed E-state index contributed by atoms with van der Waals surface area (Å²) in [6.45, 7) is 14.3. The fourth-order valence-electron chi connectivity index (χ4n) is 12.9. The first-order valence-electron chi connectivity index (χ1n) is 26.5. The molecule has 0 saturated heterocycles. The van der Waals surface area contributed by atoms with Crippen LogP contribution in [0.2, 0.25) is 12.1 Å². The van der Waals surface area contributed by atoms with Crippen LogP contribution in [-0.2, 0) is 10.8 Å². The van der Waals surface area contributed by atoms with Crippen LogP contribution < -0.4 is 10.4 Å². The molecule has 7 rings (SSSR count). The Balaban J connectivity index is 1.44. The normalized spacial score (nSPS) is 15.8. The maximum absolute atomic E-state index is 2.93. The van der Waals surface area contributed by atoms with Crippen LogP contribution in [0, 0.1) is 0 Å². The molecule has 2 aromatic heterocycles. The molecule has 0 bridgehead atoms. The van der Waals surface area contributed by atoms with Gasteiger partial charge >= 0.3 is 0 Å². The average molecular weight is 876 g/mol. The molecule has 0 nitrogen and oxygen atoms in total. The molecule has 3 aliphatic rings. The van der Waals surface area contributed by atoms with Gasteiger partial charge in [0.05, 0.1) is 0 Å². The van der Waals surface area contributed by atoms with Crippen LogP contribution in [0.5, 0.6) is 0 Å². The maximum Gasteiger partial charge on any atom is 0.119 e. The van der Waals surface area contributed by atoms with Crippen LogP contribution in [0.3, 0.4) is 0 Å². The Morgan fingerprint density at radius 1 is 0.361 bits per heavy atom. The third-order valence-electron chi connectivity index (χ3n) is 16.2. The molecule has 1 aliphatic heterocycles. The number of rotatable bonds is 30. The summed E-state index contributed by atoms with van der Waals surface area (Å²) in [5.41, 5.74) is 13.8. The number of hydrogen-bond acceptors (Lipinski definition) is 2. The highest BCUT2D eigenvalue weighted by Gasteiger charge is 2.52. The summed E-state index contributed by atoms with van der Waals surface area (Å²) < 4.78 is 0. The number of thiophene rings is 2. The quantitative estimate of drug-likeness (QED) is 0.0362. The van der Waals surface area contributed by atoms with Gasteiger partial charge in [-0.3, -0.25) is 0 Å². The number of fused-ring (bicyclic) bond motifs is 9. The standard InChI is InChI=1S/C58H86S2Si/c1-7-13-19-21-23-29-39-61(40-30-24-22-20-14-8-2)53-43-47-45-31-37-59-55(45)57(33-25-15-9-3,34-26-16-10-4)51(47)41-49(53)50-42-52-48(44-54(50)61)46-32-38-60-56(46)58(52,35-27-17-11-5)36-28-18-12-6/h31-32,37-38,41-44H,7-30,33-36,39-40H2,1-6H3. The molecule has 0 fully saturated rings. The minimum absolute atomic E-state index is 0.175. The Morgan fingerprint density at radius 2 is 0.689 bits per heavy atom. The molecule has 0 atom stereocenters. The largest absolute Gasteiger partial charge is 0.147 e. The van der Waals surface area contributed by atoms with Crippen molar-refractivity contribution >= 4 is 41.1 Å². The van der Waals surface area contributed by atoms with Crippen LogP contribution in [0.25, 0.3) is 33.4 Å². The zero-order valence-corrected chi connectivity index (χ0v) is 42.8. The van der Waals surface area contributed by atoms with Crippen molar-refractivity contribution in [1.29, 1.82) is 0 Å². The van der Waals surface area contributed by atoms with Crippen LogP contribution >= 0.6 is 22.7 Å². The van der Waals surface area contributed by atoms with Gasteiger partial charge in [-0.2, -0.15) is 0 Å². The Morgan fingerprint density at radius 3 is 1.05 bits per heavy atom.